The number of rotatable bonds is 3. The van der Waals surface area contributed by atoms with Crippen molar-refractivity contribution in [2.24, 2.45) is 5.73 Å². The highest BCUT2D eigenvalue weighted by molar-refractivity contribution is 5.40. The van der Waals surface area contributed by atoms with Gasteiger partial charge in [-0.2, -0.15) is 0 Å². The highest BCUT2D eigenvalue weighted by Gasteiger charge is 2.03. The maximum absolute atomic E-state index is 13.0. The molecule has 0 amide bonds. The second-order valence-corrected chi connectivity index (χ2v) is 4.07. The first-order valence-corrected chi connectivity index (χ1v) is 6.05. The highest BCUT2D eigenvalue weighted by Crippen LogP contribution is 2.16. The zero-order valence-corrected chi connectivity index (χ0v) is 10.7. The van der Waals surface area contributed by atoms with Gasteiger partial charge in [-0.25, -0.2) is 8.78 Å². The van der Waals surface area contributed by atoms with Gasteiger partial charge in [0, 0.05) is 5.56 Å². The van der Waals surface area contributed by atoms with Gasteiger partial charge in [0.1, 0.15) is 12.4 Å². The lowest BCUT2D eigenvalue weighted by molar-refractivity contribution is 0.305. The molecule has 2 aromatic carbocycles. The Balaban J connectivity index is 2.05. The average molecular weight is 273 g/mol. The largest absolute Gasteiger partial charge is 0.489 e. The lowest BCUT2D eigenvalue weighted by Crippen LogP contribution is -1.97. The molecule has 102 valence electrons. The number of benzene rings is 2. The molecule has 0 aliphatic carbocycles. The summed E-state index contributed by atoms with van der Waals surface area (Å²) < 4.78 is 31.4. The molecule has 0 unspecified atom stereocenters. The summed E-state index contributed by atoms with van der Waals surface area (Å²) in [5.41, 5.74) is 6.65. The standard InChI is InChI=1S/C16H13F2NO/c17-15-7-6-13(10-16(15)18)11-20-14-5-1-3-12(9-14)4-2-8-19/h1,3,5-7,9-10H,8,11,19H2. The van der Waals surface area contributed by atoms with Gasteiger partial charge < -0.3 is 10.5 Å². The summed E-state index contributed by atoms with van der Waals surface area (Å²) in [7, 11) is 0. The quantitative estimate of drug-likeness (QED) is 0.873. The summed E-state index contributed by atoms with van der Waals surface area (Å²) >= 11 is 0. The predicted molar refractivity (Wildman–Crippen MR) is 73.1 cm³/mol. The summed E-state index contributed by atoms with van der Waals surface area (Å²) in [4.78, 5) is 0. The average Bonchev–Trinajstić information content (AvgIpc) is 2.47. The van der Waals surface area contributed by atoms with Gasteiger partial charge in [-0.05, 0) is 35.9 Å². The molecule has 2 N–H and O–H groups in total. The molecule has 0 aromatic heterocycles. The summed E-state index contributed by atoms with van der Waals surface area (Å²) in [5.74, 6) is 4.51. The lowest BCUT2D eigenvalue weighted by atomic mass is 10.2. The minimum atomic E-state index is -0.881. The molecule has 0 atom stereocenters. The molecule has 0 radical (unpaired) electrons. The van der Waals surface area contributed by atoms with E-state index in [9.17, 15) is 8.78 Å². The third-order valence-electron chi connectivity index (χ3n) is 2.56. The fourth-order valence-electron chi connectivity index (χ4n) is 1.61. The van der Waals surface area contributed by atoms with Crippen LogP contribution in [0, 0.1) is 23.5 Å². The van der Waals surface area contributed by atoms with Gasteiger partial charge in [0.25, 0.3) is 0 Å². The third kappa shape index (κ3) is 3.81. The van der Waals surface area contributed by atoms with Crippen LogP contribution in [0.25, 0.3) is 0 Å². The van der Waals surface area contributed by atoms with Crippen LogP contribution in [-0.2, 0) is 6.61 Å². The first-order valence-electron chi connectivity index (χ1n) is 6.05. The fraction of sp³-hybridized carbons (Fsp3) is 0.125. The smallest absolute Gasteiger partial charge is 0.159 e. The molecule has 0 bridgehead atoms. The number of nitrogens with two attached hydrogens (primary N) is 1. The molecule has 0 aliphatic heterocycles. The van der Waals surface area contributed by atoms with Crippen molar-refractivity contribution in [1.29, 1.82) is 0 Å². The highest BCUT2D eigenvalue weighted by atomic mass is 19.2. The third-order valence-corrected chi connectivity index (χ3v) is 2.56. The van der Waals surface area contributed by atoms with Crippen molar-refractivity contribution in [1.82, 2.24) is 0 Å². The van der Waals surface area contributed by atoms with Crippen LogP contribution in [0.5, 0.6) is 5.75 Å². The molecular weight excluding hydrogens is 260 g/mol. The van der Waals surface area contributed by atoms with Crippen molar-refractivity contribution < 1.29 is 13.5 Å². The Morgan fingerprint density at radius 1 is 1.05 bits per heavy atom. The lowest BCUT2D eigenvalue weighted by Gasteiger charge is -2.07. The second-order valence-electron chi connectivity index (χ2n) is 4.07. The normalized spacial score (nSPS) is 9.75. The van der Waals surface area contributed by atoms with E-state index in [2.05, 4.69) is 11.8 Å². The predicted octanol–water partition coefficient (Wildman–Crippen LogP) is 2.85. The molecule has 0 heterocycles. The summed E-state index contributed by atoms with van der Waals surface area (Å²) in [6.07, 6.45) is 0. The van der Waals surface area contributed by atoms with E-state index >= 15 is 0 Å². The molecule has 0 spiro atoms. The fourth-order valence-corrected chi connectivity index (χ4v) is 1.61. The van der Waals surface area contributed by atoms with E-state index in [1.54, 1.807) is 18.2 Å². The zero-order valence-electron chi connectivity index (χ0n) is 10.7. The SMILES string of the molecule is NCC#Cc1cccc(OCc2ccc(F)c(F)c2)c1. The number of ether oxygens (including phenoxy) is 1. The van der Waals surface area contributed by atoms with Crippen LogP contribution in [0.3, 0.4) is 0 Å². The van der Waals surface area contributed by atoms with Crippen LogP contribution < -0.4 is 10.5 Å². The monoisotopic (exact) mass is 273 g/mol. The Bertz CT molecular complexity index is 659. The van der Waals surface area contributed by atoms with E-state index in [-0.39, 0.29) is 6.61 Å². The van der Waals surface area contributed by atoms with Crippen LogP contribution in [0.2, 0.25) is 0 Å². The maximum atomic E-state index is 13.0. The molecule has 2 nitrogen and oxygen atoms in total. The van der Waals surface area contributed by atoms with Gasteiger partial charge in [-0.15, -0.1) is 0 Å². The topological polar surface area (TPSA) is 35.2 Å². The van der Waals surface area contributed by atoms with Crippen molar-refractivity contribution >= 4 is 0 Å². The van der Waals surface area contributed by atoms with Gasteiger partial charge >= 0.3 is 0 Å². The van der Waals surface area contributed by atoms with Gasteiger partial charge in [0.2, 0.25) is 0 Å². The van der Waals surface area contributed by atoms with Gasteiger partial charge in [0.05, 0.1) is 6.54 Å². The van der Waals surface area contributed by atoms with Crippen molar-refractivity contribution in [3.8, 4) is 17.6 Å². The maximum Gasteiger partial charge on any atom is 0.159 e. The minimum absolute atomic E-state index is 0.158. The van der Waals surface area contributed by atoms with Crippen molar-refractivity contribution in [3.63, 3.8) is 0 Å². The first kappa shape index (κ1) is 14.0. The van der Waals surface area contributed by atoms with Crippen LogP contribution in [0.4, 0.5) is 8.78 Å². The van der Waals surface area contributed by atoms with Crippen LogP contribution in [-0.4, -0.2) is 6.54 Å². The Labute approximate surface area is 116 Å². The van der Waals surface area contributed by atoms with E-state index < -0.39 is 11.6 Å². The van der Waals surface area contributed by atoms with E-state index in [1.165, 1.54) is 6.07 Å². The summed E-state index contributed by atoms with van der Waals surface area (Å²) in [5, 5.41) is 0. The molecule has 0 fully saturated rings. The summed E-state index contributed by atoms with van der Waals surface area (Å²) in [6.45, 7) is 0.449. The summed E-state index contributed by atoms with van der Waals surface area (Å²) in [6, 6.07) is 10.9. The van der Waals surface area contributed by atoms with Gasteiger partial charge in [0.15, 0.2) is 11.6 Å². The molecular formula is C16H13F2NO. The first-order chi connectivity index (χ1) is 9.69. The van der Waals surface area contributed by atoms with Gasteiger partial charge in [-0.1, -0.05) is 24.0 Å². The molecule has 20 heavy (non-hydrogen) atoms. The Morgan fingerprint density at radius 2 is 1.90 bits per heavy atom. The van der Waals surface area contributed by atoms with E-state index in [4.69, 9.17) is 10.5 Å². The van der Waals surface area contributed by atoms with E-state index in [0.29, 0.717) is 17.9 Å². The molecule has 0 saturated carbocycles. The molecule has 2 rings (SSSR count). The van der Waals surface area contributed by atoms with E-state index in [0.717, 1.165) is 17.7 Å². The number of hydrogen-bond donors (Lipinski definition) is 1. The van der Waals surface area contributed by atoms with Gasteiger partial charge in [-0.3, -0.25) is 0 Å². The second kappa shape index (κ2) is 6.69. The number of hydrogen-bond acceptors (Lipinski definition) is 2. The van der Waals surface area contributed by atoms with Crippen LogP contribution in [0.15, 0.2) is 42.5 Å². The zero-order chi connectivity index (χ0) is 14.4. The van der Waals surface area contributed by atoms with Crippen molar-refractivity contribution in [2.75, 3.05) is 6.54 Å². The number of halogens is 2. The Kier molecular flexibility index (Phi) is 4.70. The molecule has 2 aromatic rings. The van der Waals surface area contributed by atoms with Crippen molar-refractivity contribution in [3.05, 3.63) is 65.2 Å². The van der Waals surface area contributed by atoms with Crippen molar-refractivity contribution in [2.45, 2.75) is 6.61 Å². The molecule has 4 heteroatoms. The Hall–Kier alpha value is -2.38. The minimum Gasteiger partial charge on any atom is -0.489 e. The van der Waals surface area contributed by atoms with Crippen LogP contribution >= 0.6 is 0 Å². The molecule has 0 aliphatic rings. The Morgan fingerprint density at radius 3 is 2.65 bits per heavy atom. The molecule has 0 saturated heterocycles. The van der Waals surface area contributed by atoms with E-state index in [1.807, 2.05) is 6.07 Å². The van der Waals surface area contributed by atoms with Crippen LogP contribution in [0.1, 0.15) is 11.1 Å².